The molecule has 0 aromatic heterocycles. The van der Waals surface area contributed by atoms with Crippen molar-refractivity contribution in [2.24, 2.45) is 0 Å². The zero-order chi connectivity index (χ0) is 12.3. The lowest BCUT2D eigenvalue weighted by Crippen LogP contribution is -1.90. The molecule has 0 aliphatic rings. The Bertz CT molecular complexity index is 279. The van der Waals surface area contributed by atoms with Crippen LogP contribution in [-0.2, 0) is 0 Å². The second kappa shape index (κ2) is 10.0. The van der Waals surface area contributed by atoms with E-state index in [1.165, 1.54) is 50.3 Å². The molecule has 0 radical (unpaired) electrons. The molecule has 0 N–H and O–H groups in total. The summed E-state index contributed by atoms with van der Waals surface area (Å²) in [5, 5.41) is 1.54. The van der Waals surface area contributed by atoms with Crippen LogP contribution in [0, 0.1) is 6.92 Å². The van der Waals surface area contributed by atoms with E-state index in [1.807, 2.05) is 0 Å². The molecule has 0 saturated heterocycles. The van der Waals surface area contributed by atoms with Gasteiger partial charge >= 0.3 is 0 Å². The SMILES string of the molecule is CCCCCCCCPPc1ccc(C)cc1. The number of benzene rings is 1. The molecule has 0 saturated carbocycles. The minimum Gasteiger partial charge on any atom is -0.0946 e. The van der Waals surface area contributed by atoms with Gasteiger partial charge in [0.15, 0.2) is 0 Å². The van der Waals surface area contributed by atoms with E-state index in [0.29, 0.717) is 0 Å². The molecule has 2 unspecified atom stereocenters. The highest BCUT2D eigenvalue weighted by Gasteiger charge is 1.94. The maximum absolute atomic E-state index is 2.29. The van der Waals surface area contributed by atoms with Crippen molar-refractivity contribution in [3.8, 4) is 0 Å². The van der Waals surface area contributed by atoms with Crippen LogP contribution in [0.2, 0.25) is 0 Å². The average molecular weight is 268 g/mol. The molecular weight excluding hydrogens is 242 g/mol. The minimum absolute atomic E-state index is 1.04. The lowest BCUT2D eigenvalue weighted by Gasteiger charge is -2.03. The van der Waals surface area contributed by atoms with Crippen LogP contribution in [0.3, 0.4) is 0 Å². The first-order chi connectivity index (χ1) is 8.33. The van der Waals surface area contributed by atoms with Crippen LogP contribution in [0.15, 0.2) is 24.3 Å². The van der Waals surface area contributed by atoms with Gasteiger partial charge in [-0.1, -0.05) is 85.4 Å². The second-order valence-corrected chi connectivity index (χ2v) is 8.18. The minimum atomic E-state index is 1.04. The number of rotatable bonds is 9. The largest absolute Gasteiger partial charge is 0.0946 e. The first-order valence-electron chi connectivity index (χ1n) is 6.88. The summed E-state index contributed by atoms with van der Waals surface area (Å²) in [6.45, 7) is 4.44. The van der Waals surface area contributed by atoms with Gasteiger partial charge in [-0.2, -0.15) is 0 Å². The Morgan fingerprint density at radius 2 is 1.53 bits per heavy atom. The van der Waals surface area contributed by atoms with Crippen molar-refractivity contribution >= 4 is 21.8 Å². The Kier molecular flexibility index (Phi) is 8.94. The number of hydrogen-bond acceptors (Lipinski definition) is 0. The molecule has 0 nitrogen and oxygen atoms in total. The van der Waals surface area contributed by atoms with Crippen LogP contribution in [0.5, 0.6) is 0 Å². The highest BCUT2D eigenvalue weighted by Crippen LogP contribution is 2.36. The van der Waals surface area contributed by atoms with Crippen molar-refractivity contribution in [1.29, 1.82) is 0 Å². The fourth-order valence-electron chi connectivity index (χ4n) is 1.80. The Balaban J connectivity index is 1.95. The van der Waals surface area contributed by atoms with Crippen LogP contribution in [0.4, 0.5) is 0 Å². The van der Waals surface area contributed by atoms with Crippen molar-refractivity contribution in [2.75, 3.05) is 6.16 Å². The van der Waals surface area contributed by atoms with Crippen LogP contribution in [0.1, 0.15) is 51.0 Å². The van der Waals surface area contributed by atoms with Gasteiger partial charge in [0.25, 0.3) is 0 Å². The van der Waals surface area contributed by atoms with Gasteiger partial charge in [-0.3, -0.25) is 0 Å². The maximum atomic E-state index is 2.29. The summed E-state index contributed by atoms with van der Waals surface area (Å²) in [7, 11) is 2.19. The van der Waals surface area contributed by atoms with E-state index in [-0.39, 0.29) is 0 Å². The second-order valence-electron chi connectivity index (χ2n) is 4.69. The molecule has 0 heterocycles. The predicted octanol–water partition coefficient (Wildman–Crippen LogP) is 5.25. The zero-order valence-electron chi connectivity index (χ0n) is 11.3. The third kappa shape index (κ3) is 7.91. The van der Waals surface area contributed by atoms with Gasteiger partial charge in [-0.05, 0) is 24.8 Å². The monoisotopic (exact) mass is 268 g/mol. The summed E-state index contributed by atoms with van der Waals surface area (Å²) in [6, 6.07) is 9.05. The van der Waals surface area contributed by atoms with Crippen LogP contribution in [0.25, 0.3) is 0 Å². The molecule has 17 heavy (non-hydrogen) atoms. The molecule has 2 heteroatoms. The van der Waals surface area contributed by atoms with E-state index < -0.39 is 0 Å². The lowest BCUT2D eigenvalue weighted by molar-refractivity contribution is 0.627. The molecule has 0 aliphatic heterocycles. The zero-order valence-corrected chi connectivity index (χ0v) is 13.3. The number of hydrogen-bond donors (Lipinski definition) is 0. The summed E-state index contributed by atoms with van der Waals surface area (Å²) in [6.07, 6.45) is 10.0. The van der Waals surface area contributed by atoms with Crippen LogP contribution >= 0.6 is 16.5 Å². The quantitative estimate of drug-likeness (QED) is 0.423. The van der Waals surface area contributed by atoms with Gasteiger partial charge in [0, 0.05) is 0 Å². The van der Waals surface area contributed by atoms with E-state index >= 15 is 0 Å². The van der Waals surface area contributed by atoms with Crippen molar-refractivity contribution in [1.82, 2.24) is 0 Å². The molecule has 0 fully saturated rings. The Morgan fingerprint density at radius 1 is 0.882 bits per heavy atom. The van der Waals surface area contributed by atoms with Gasteiger partial charge in [0.05, 0.1) is 0 Å². The lowest BCUT2D eigenvalue weighted by atomic mass is 10.1. The van der Waals surface area contributed by atoms with E-state index in [0.717, 1.165) is 16.5 Å². The molecule has 0 aliphatic carbocycles. The molecule has 0 amide bonds. The van der Waals surface area contributed by atoms with Crippen molar-refractivity contribution in [3.63, 3.8) is 0 Å². The van der Waals surface area contributed by atoms with Gasteiger partial charge in [-0.15, -0.1) is 0 Å². The number of unbranched alkanes of at least 4 members (excludes halogenated alkanes) is 5. The molecule has 1 aromatic carbocycles. The van der Waals surface area contributed by atoms with E-state index in [4.69, 9.17) is 0 Å². The molecular formula is C15H26P2. The third-order valence-corrected chi connectivity index (χ3v) is 6.49. The van der Waals surface area contributed by atoms with Crippen molar-refractivity contribution < 1.29 is 0 Å². The third-order valence-electron chi connectivity index (χ3n) is 2.94. The standard InChI is InChI=1S/C15H26P2/c1-3-4-5-6-7-8-13-16-17-15-11-9-14(2)10-12-15/h9-12,16-17H,3-8,13H2,1-2H3. The highest BCUT2D eigenvalue weighted by molar-refractivity contribution is 8.15. The Labute approximate surface area is 110 Å². The maximum Gasteiger partial charge on any atom is -0.0230 e. The fraction of sp³-hybridized carbons (Fsp3) is 0.600. The predicted molar refractivity (Wildman–Crippen MR) is 85.7 cm³/mol. The highest BCUT2D eigenvalue weighted by atomic mass is 32.0. The van der Waals surface area contributed by atoms with Crippen LogP contribution in [-0.4, -0.2) is 6.16 Å². The molecule has 1 aromatic rings. The summed E-state index contributed by atoms with van der Waals surface area (Å²) in [5.74, 6) is 0. The topological polar surface area (TPSA) is 0 Å². The molecule has 0 bridgehead atoms. The Morgan fingerprint density at radius 3 is 2.24 bits per heavy atom. The van der Waals surface area contributed by atoms with Gasteiger partial charge in [-0.25, -0.2) is 0 Å². The smallest absolute Gasteiger partial charge is 0.0230 e. The van der Waals surface area contributed by atoms with E-state index in [9.17, 15) is 0 Å². The van der Waals surface area contributed by atoms with Crippen molar-refractivity contribution in [3.05, 3.63) is 29.8 Å². The first kappa shape index (κ1) is 15.1. The van der Waals surface area contributed by atoms with Gasteiger partial charge in [0.2, 0.25) is 0 Å². The summed E-state index contributed by atoms with van der Waals surface area (Å²) in [4.78, 5) is 0. The summed E-state index contributed by atoms with van der Waals surface area (Å²) >= 11 is 0. The number of aryl methyl sites for hydroxylation is 1. The molecule has 1 rings (SSSR count). The van der Waals surface area contributed by atoms with Gasteiger partial charge < -0.3 is 0 Å². The van der Waals surface area contributed by atoms with Crippen molar-refractivity contribution in [2.45, 2.75) is 52.4 Å². The average Bonchev–Trinajstić information content (AvgIpc) is 2.35. The summed E-state index contributed by atoms with van der Waals surface area (Å²) < 4.78 is 0. The fourth-order valence-corrected chi connectivity index (χ4v) is 4.90. The molecule has 2 atom stereocenters. The summed E-state index contributed by atoms with van der Waals surface area (Å²) in [5.41, 5.74) is 1.37. The van der Waals surface area contributed by atoms with E-state index in [1.54, 1.807) is 5.30 Å². The van der Waals surface area contributed by atoms with Gasteiger partial charge in [0.1, 0.15) is 0 Å². The van der Waals surface area contributed by atoms with E-state index in [2.05, 4.69) is 38.1 Å². The Hall–Kier alpha value is 0.0800. The molecule has 0 spiro atoms. The normalized spacial score (nSPS) is 12.1. The van der Waals surface area contributed by atoms with Crippen LogP contribution < -0.4 is 5.30 Å². The molecule has 96 valence electrons. The first-order valence-corrected chi connectivity index (χ1v) is 10.1.